The maximum absolute atomic E-state index is 11.9. The minimum absolute atomic E-state index is 0.0975. The summed E-state index contributed by atoms with van der Waals surface area (Å²) in [4.78, 5) is 11.9. The maximum Gasteiger partial charge on any atom is 0.191 e. The zero-order chi connectivity index (χ0) is 12.1. The molecule has 1 atom stereocenters. The molecule has 1 rings (SSSR count). The van der Waals surface area contributed by atoms with Crippen molar-refractivity contribution in [1.29, 1.82) is 0 Å². The van der Waals surface area contributed by atoms with Crippen LogP contribution < -0.4 is 9.47 Å². The second-order valence-electron chi connectivity index (χ2n) is 3.34. The van der Waals surface area contributed by atoms with Crippen molar-refractivity contribution in [1.82, 2.24) is 0 Å². The molecule has 0 saturated carbocycles. The van der Waals surface area contributed by atoms with E-state index in [1.54, 1.807) is 39.3 Å². The highest BCUT2D eigenvalue weighted by atomic mass is 16.5. The summed E-state index contributed by atoms with van der Waals surface area (Å²) in [5.41, 5.74) is 0.519. The third-order valence-electron chi connectivity index (χ3n) is 2.36. The minimum atomic E-state index is -0.475. The van der Waals surface area contributed by atoms with Crippen LogP contribution in [0.4, 0.5) is 0 Å². The molecule has 0 radical (unpaired) electrons. The van der Waals surface area contributed by atoms with Crippen molar-refractivity contribution < 1.29 is 19.0 Å². The Morgan fingerprint density at radius 1 is 1.06 bits per heavy atom. The molecule has 0 aromatic heterocycles. The van der Waals surface area contributed by atoms with E-state index in [0.29, 0.717) is 17.1 Å². The number of carbonyl (C=O) groups excluding carboxylic acids is 1. The first kappa shape index (κ1) is 12.5. The van der Waals surface area contributed by atoms with Crippen LogP contribution in [0.5, 0.6) is 11.5 Å². The molecular formula is C12H16O4. The van der Waals surface area contributed by atoms with Gasteiger partial charge in [-0.2, -0.15) is 0 Å². The lowest BCUT2D eigenvalue weighted by Gasteiger charge is -2.11. The van der Waals surface area contributed by atoms with E-state index in [-0.39, 0.29) is 5.78 Å². The fraction of sp³-hybridized carbons (Fsp3) is 0.417. The first-order valence-electron chi connectivity index (χ1n) is 4.92. The van der Waals surface area contributed by atoms with Crippen molar-refractivity contribution in [2.24, 2.45) is 0 Å². The smallest absolute Gasteiger partial charge is 0.191 e. The molecule has 0 aliphatic carbocycles. The minimum Gasteiger partial charge on any atom is -0.497 e. The van der Waals surface area contributed by atoms with Gasteiger partial charge in [0.15, 0.2) is 5.78 Å². The molecule has 16 heavy (non-hydrogen) atoms. The van der Waals surface area contributed by atoms with Gasteiger partial charge in [-0.1, -0.05) is 0 Å². The Kier molecular flexibility index (Phi) is 4.31. The van der Waals surface area contributed by atoms with Crippen LogP contribution in [0.15, 0.2) is 18.2 Å². The molecule has 88 valence electrons. The predicted molar refractivity (Wildman–Crippen MR) is 60.3 cm³/mol. The standard InChI is InChI=1S/C12H16O4/c1-8(14-2)12(13)9-5-10(15-3)7-11(6-9)16-4/h5-8H,1-4H3. The average Bonchev–Trinajstić information content (AvgIpc) is 2.35. The number of ketones is 1. The van der Waals surface area contributed by atoms with E-state index in [2.05, 4.69) is 0 Å². The van der Waals surface area contributed by atoms with Gasteiger partial charge >= 0.3 is 0 Å². The third-order valence-corrected chi connectivity index (χ3v) is 2.36. The Morgan fingerprint density at radius 3 is 1.94 bits per heavy atom. The van der Waals surface area contributed by atoms with Crippen LogP contribution in [0.1, 0.15) is 17.3 Å². The van der Waals surface area contributed by atoms with E-state index in [4.69, 9.17) is 14.2 Å². The van der Waals surface area contributed by atoms with Gasteiger partial charge in [0.1, 0.15) is 17.6 Å². The third kappa shape index (κ3) is 2.73. The van der Waals surface area contributed by atoms with Crippen molar-refractivity contribution in [3.05, 3.63) is 23.8 Å². The molecule has 0 spiro atoms. The van der Waals surface area contributed by atoms with Gasteiger partial charge in [0.25, 0.3) is 0 Å². The van der Waals surface area contributed by atoms with Gasteiger partial charge in [-0.15, -0.1) is 0 Å². The average molecular weight is 224 g/mol. The Hall–Kier alpha value is -1.55. The zero-order valence-electron chi connectivity index (χ0n) is 9.94. The van der Waals surface area contributed by atoms with Crippen molar-refractivity contribution in [3.8, 4) is 11.5 Å². The lowest BCUT2D eigenvalue weighted by Crippen LogP contribution is -2.19. The molecule has 1 aromatic rings. The van der Waals surface area contributed by atoms with E-state index < -0.39 is 6.10 Å². The number of Topliss-reactive ketones (excluding diaryl/α,β-unsaturated/α-hetero) is 1. The van der Waals surface area contributed by atoms with E-state index in [1.807, 2.05) is 0 Å². The number of carbonyl (C=O) groups is 1. The first-order valence-corrected chi connectivity index (χ1v) is 4.92. The van der Waals surface area contributed by atoms with Gasteiger partial charge in [0.05, 0.1) is 14.2 Å². The second kappa shape index (κ2) is 5.51. The lowest BCUT2D eigenvalue weighted by molar-refractivity contribution is 0.0655. The van der Waals surface area contributed by atoms with Gasteiger partial charge in [-0.05, 0) is 19.1 Å². The van der Waals surface area contributed by atoms with Crippen LogP contribution in [0.2, 0.25) is 0 Å². The van der Waals surface area contributed by atoms with Crippen LogP contribution in [0.25, 0.3) is 0 Å². The van der Waals surface area contributed by atoms with Crippen LogP contribution in [-0.4, -0.2) is 33.2 Å². The summed E-state index contributed by atoms with van der Waals surface area (Å²) >= 11 is 0. The number of methoxy groups -OCH3 is 3. The molecular weight excluding hydrogens is 208 g/mol. The van der Waals surface area contributed by atoms with Gasteiger partial charge in [0.2, 0.25) is 0 Å². The molecule has 1 aromatic carbocycles. The Morgan fingerprint density at radius 2 is 1.56 bits per heavy atom. The van der Waals surface area contributed by atoms with Gasteiger partial charge in [-0.25, -0.2) is 0 Å². The molecule has 0 aliphatic heterocycles. The number of hydrogen-bond acceptors (Lipinski definition) is 4. The molecule has 0 saturated heterocycles. The number of rotatable bonds is 5. The summed E-state index contributed by atoms with van der Waals surface area (Å²) in [5, 5.41) is 0. The fourth-order valence-corrected chi connectivity index (χ4v) is 1.29. The molecule has 4 heteroatoms. The van der Waals surface area contributed by atoms with Crippen LogP contribution in [0, 0.1) is 0 Å². The van der Waals surface area contributed by atoms with Gasteiger partial charge in [-0.3, -0.25) is 4.79 Å². The maximum atomic E-state index is 11.9. The van der Waals surface area contributed by atoms with E-state index >= 15 is 0 Å². The van der Waals surface area contributed by atoms with Crippen molar-refractivity contribution in [2.75, 3.05) is 21.3 Å². The van der Waals surface area contributed by atoms with Gasteiger partial charge in [0, 0.05) is 18.7 Å². The topological polar surface area (TPSA) is 44.8 Å². The number of hydrogen-bond donors (Lipinski definition) is 0. The molecule has 0 heterocycles. The Labute approximate surface area is 95.1 Å². The SMILES string of the molecule is COc1cc(OC)cc(C(=O)C(C)OC)c1. The molecule has 0 aliphatic rings. The molecule has 0 fully saturated rings. The molecule has 0 bridgehead atoms. The van der Waals surface area contributed by atoms with E-state index in [9.17, 15) is 4.79 Å². The van der Waals surface area contributed by atoms with E-state index in [0.717, 1.165) is 0 Å². The van der Waals surface area contributed by atoms with Crippen molar-refractivity contribution >= 4 is 5.78 Å². The molecule has 0 N–H and O–H groups in total. The lowest BCUT2D eigenvalue weighted by atomic mass is 10.1. The predicted octanol–water partition coefficient (Wildman–Crippen LogP) is 1.92. The summed E-state index contributed by atoms with van der Waals surface area (Å²) in [6, 6.07) is 5.05. The molecule has 4 nitrogen and oxygen atoms in total. The van der Waals surface area contributed by atoms with Crippen LogP contribution >= 0.6 is 0 Å². The Balaban J connectivity index is 3.07. The highest BCUT2D eigenvalue weighted by molar-refractivity contribution is 5.99. The second-order valence-corrected chi connectivity index (χ2v) is 3.34. The quantitative estimate of drug-likeness (QED) is 0.717. The Bertz CT molecular complexity index is 351. The summed E-state index contributed by atoms with van der Waals surface area (Å²) in [7, 11) is 4.59. The number of ether oxygens (including phenoxy) is 3. The molecule has 1 unspecified atom stereocenters. The summed E-state index contributed by atoms with van der Waals surface area (Å²) in [6.45, 7) is 1.70. The number of benzene rings is 1. The van der Waals surface area contributed by atoms with Crippen molar-refractivity contribution in [3.63, 3.8) is 0 Å². The highest BCUT2D eigenvalue weighted by Gasteiger charge is 2.16. The summed E-state index contributed by atoms with van der Waals surface area (Å²) < 4.78 is 15.2. The zero-order valence-corrected chi connectivity index (χ0v) is 9.94. The normalized spacial score (nSPS) is 12.0. The van der Waals surface area contributed by atoms with Crippen molar-refractivity contribution in [2.45, 2.75) is 13.0 Å². The van der Waals surface area contributed by atoms with Gasteiger partial charge < -0.3 is 14.2 Å². The monoisotopic (exact) mass is 224 g/mol. The summed E-state index contributed by atoms with van der Waals surface area (Å²) in [6.07, 6.45) is -0.475. The fourth-order valence-electron chi connectivity index (χ4n) is 1.29. The van der Waals surface area contributed by atoms with E-state index in [1.165, 1.54) is 7.11 Å². The largest absolute Gasteiger partial charge is 0.497 e. The first-order chi connectivity index (χ1) is 7.62. The summed E-state index contributed by atoms with van der Waals surface area (Å²) in [5.74, 6) is 1.08. The molecule has 0 amide bonds. The van der Waals surface area contributed by atoms with Crippen LogP contribution in [0.3, 0.4) is 0 Å². The van der Waals surface area contributed by atoms with Crippen LogP contribution in [-0.2, 0) is 4.74 Å². The highest BCUT2D eigenvalue weighted by Crippen LogP contribution is 2.23.